The minimum atomic E-state index is -0.903. The molecule has 2 aromatic rings. The van der Waals surface area contributed by atoms with Gasteiger partial charge in [0.2, 0.25) is 0 Å². The lowest BCUT2D eigenvalue weighted by molar-refractivity contribution is 0.0697. The number of nitrogens with one attached hydrogen (secondary N) is 1. The molecule has 0 unspecified atom stereocenters. The molecule has 0 radical (unpaired) electrons. The van der Waals surface area contributed by atoms with Crippen molar-refractivity contribution in [1.82, 2.24) is 10.2 Å². The summed E-state index contributed by atoms with van der Waals surface area (Å²) in [5.74, 6) is -0.903. The van der Waals surface area contributed by atoms with Crippen LogP contribution in [0, 0.1) is 0 Å². The van der Waals surface area contributed by atoms with Crippen LogP contribution in [-0.4, -0.2) is 21.3 Å². The summed E-state index contributed by atoms with van der Waals surface area (Å²) in [7, 11) is 0. The largest absolute Gasteiger partial charge is 0.478 e. The van der Waals surface area contributed by atoms with E-state index >= 15 is 0 Å². The van der Waals surface area contributed by atoms with Gasteiger partial charge in [0.15, 0.2) is 0 Å². The van der Waals surface area contributed by atoms with Crippen LogP contribution < -0.4 is 0 Å². The van der Waals surface area contributed by atoms with Crippen LogP contribution in [0.25, 0.3) is 11.1 Å². The van der Waals surface area contributed by atoms with Gasteiger partial charge in [0, 0.05) is 11.3 Å². The number of rotatable bonds is 4. The molecule has 2 rings (SSSR count). The Morgan fingerprint density at radius 1 is 1.22 bits per heavy atom. The van der Waals surface area contributed by atoms with Gasteiger partial charge in [0.05, 0.1) is 11.3 Å². The van der Waals surface area contributed by atoms with Crippen LogP contribution in [0.1, 0.15) is 35.6 Å². The zero-order chi connectivity index (χ0) is 13.1. The maximum absolute atomic E-state index is 10.8. The number of aryl methyl sites for hydroxylation is 2. The Balaban J connectivity index is 2.47. The normalized spacial score (nSPS) is 10.6. The van der Waals surface area contributed by atoms with Crippen LogP contribution in [0.15, 0.2) is 24.3 Å². The highest BCUT2D eigenvalue weighted by Crippen LogP contribution is 2.27. The van der Waals surface area contributed by atoms with Gasteiger partial charge >= 0.3 is 5.97 Å². The predicted molar refractivity (Wildman–Crippen MR) is 69.7 cm³/mol. The van der Waals surface area contributed by atoms with Gasteiger partial charge in [-0.2, -0.15) is 5.10 Å². The number of aromatic nitrogens is 2. The predicted octanol–water partition coefficient (Wildman–Crippen LogP) is 2.90. The van der Waals surface area contributed by atoms with Crippen LogP contribution >= 0.6 is 0 Å². The first-order valence-electron chi connectivity index (χ1n) is 6.07. The molecule has 1 heterocycles. The van der Waals surface area contributed by atoms with Gasteiger partial charge in [-0.25, -0.2) is 4.79 Å². The summed E-state index contributed by atoms with van der Waals surface area (Å²) in [6.45, 7) is 4.13. The molecule has 0 aliphatic carbocycles. The third-order valence-corrected chi connectivity index (χ3v) is 3.03. The summed E-state index contributed by atoms with van der Waals surface area (Å²) in [6.07, 6.45) is 1.73. The van der Waals surface area contributed by atoms with E-state index in [1.165, 1.54) is 0 Å². The van der Waals surface area contributed by atoms with Crippen LogP contribution in [0.2, 0.25) is 0 Å². The lowest BCUT2D eigenvalue weighted by atomic mass is 9.99. The molecule has 0 aliphatic heterocycles. The SMILES string of the molecule is CCc1n[nH]c(CC)c1-c1ccc(C(=O)O)cc1. The number of carboxylic acids is 1. The lowest BCUT2D eigenvalue weighted by Gasteiger charge is -2.04. The van der Waals surface area contributed by atoms with E-state index in [2.05, 4.69) is 24.0 Å². The minimum absolute atomic E-state index is 0.304. The van der Waals surface area contributed by atoms with Crippen molar-refractivity contribution < 1.29 is 9.90 Å². The van der Waals surface area contributed by atoms with E-state index in [1.807, 2.05) is 12.1 Å². The molecule has 18 heavy (non-hydrogen) atoms. The first kappa shape index (κ1) is 12.4. The van der Waals surface area contributed by atoms with Crippen LogP contribution in [0.5, 0.6) is 0 Å². The van der Waals surface area contributed by atoms with Gasteiger partial charge in [-0.05, 0) is 30.5 Å². The van der Waals surface area contributed by atoms with E-state index < -0.39 is 5.97 Å². The van der Waals surface area contributed by atoms with E-state index in [4.69, 9.17) is 5.11 Å². The van der Waals surface area contributed by atoms with Gasteiger partial charge in [-0.3, -0.25) is 5.10 Å². The van der Waals surface area contributed by atoms with Crippen molar-refractivity contribution in [2.75, 3.05) is 0 Å². The maximum Gasteiger partial charge on any atom is 0.335 e. The van der Waals surface area contributed by atoms with Crippen LogP contribution in [0.3, 0.4) is 0 Å². The molecule has 94 valence electrons. The lowest BCUT2D eigenvalue weighted by Crippen LogP contribution is -1.96. The van der Waals surface area contributed by atoms with Crippen molar-refractivity contribution in [2.24, 2.45) is 0 Å². The molecular formula is C14H16N2O2. The fraction of sp³-hybridized carbons (Fsp3) is 0.286. The number of aromatic amines is 1. The zero-order valence-electron chi connectivity index (χ0n) is 10.5. The van der Waals surface area contributed by atoms with Crippen LogP contribution in [0.4, 0.5) is 0 Å². The molecule has 0 aliphatic rings. The topological polar surface area (TPSA) is 66.0 Å². The summed E-state index contributed by atoms with van der Waals surface area (Å²) in [4.78, 5) is 10.8. The first-order chi connectivity index (χ1) is 8.67. The molecule has 4 heteroatoms. The molecule has 2 N–H and O–H groups in total. The number of H-pyrrole nitrogens is 1. The second kappa shape index (κ2) is 5.04. The van der Waals surface area contributed by atoms with Crippen LogP contribution in [-0.2, 0) is 12.8 Å². The molecule has 0 atom stereocenters. The summed E-state index contributed by atoms with van der Waals surface area (Å²) >= 11 is 0. The monoisotopic (exact) mass is 244 g/mol. The van der Waals surface area contributed by atoms with Crippen molar-refractivity contribution >= 4 is 5.97 Å². The molecule has 0 saturated heterocycles. The van der Waals surface area contributed by atoms with E-state index in [1.54, 1.807) is 12.1 Å². The Morgan fingerprint density at radius 2 is 1.89 bits per heavy atom. The molecule has 0 saturated carbocycles. The zero-order valence-corrected chi connectivity index (χ0v) is 10.5. The first-order valence-corrected chi connectivity index (χ1v) is 6.07. The third kappa shape index (κ3) is 2.14. The number of aromatic carboxylic acids is 1. The minimum Gasteiger partial charge on any atom is -0.478 e. The quantitative estimate of drug-likeness (QED) is 0.869. The number of carboxylic acid groups (broad SMARTS) is 1. The molecule has 0 spiro atoms. The summed E-state index contributed by atoms with van der Waals surface area (Å²) < 4.78 is 0. The van der Waals surface area contributed by atoms with Crippen molar-refractivity contribution in [1.29, 1.82) is 0 Å². The van der Waals surface area contributed by atoms with E-state index in [-0.39, 0.29) is 0 Å². The molecular weight excluding hydrogens is 228 g/mol. The van der Waals surface area contributed by atoms with Crippen molar-refractivity contribution in [3.63, 3.8) is 0 Å². The fourth-order valence-corrected chi connectivity index (χ4v) is 2.05. The Hall–Kier alpha value is -2.10. The average molecular weight is 244 g/mol. The highest BCUT2D eigenvalue weighted by Gasteiger charge is 2.13. The molecule has 0 fully saturated rings. The van der Waals surface area contributed by atoms with Gasteiger partial charge in [0.25, 0.3) is 0 Å². The standard InChI is InChI=1S/C14H16N2O2/c1-3-11-13(12(4-2)16-15-11)9-5-7-10(8-6-9)14(17)18/h5-8H,3-4H2,1-2H3,(H,15,16)(H,17,18). The van der Waals surface area contributed by atoms with Gasteiger partial charge in [0.1, 0.15) is 0 Å². The van der Waals surface area contributed by atoms with Crippen molar-refractivity contribution in [3.8, 4) is 11.1 Å². The highest BCUT2D eigenvalue weighted by atomic mass is 16.4. The number of carbonyl (C=O) groups is 1. The van der Waals surface area contributed by atoms with Crippen molar-refractivity contribution in [3.05, 3.63) is 41.2 Å². The summed E-state index contributed by atoms with van der Waals surface area (Å²) in [5.41, 5.74) is 4.54. The van der Waals surface area contributed by atoms with Gasteiger partial charge in [-0.15, -0.1) is 0 Å². The second-order valence-corrected chi connectivity index (χ2v) is 4.11. The molecule has 1 aromatic heterocycles. The Kier molecular flexibility index (Phi) is 3.46. The fourth-order valence-electron chi connectivity index (χ4n) is 2.05. The average Bonchev–Trinajstić information content (AvgIpc) is 2.81. The van der Waals surface area contributed by atoms with E-state index in [9.17, 15) is 4.79 Å². The molecule has 1 aromatic carbocycles. The number of nitrogens with zero attached hydrogens (tertiary/aromatic N) is 1. The van der Waals surface area contributed by atoms with Gasteiger partial charge in [-0.1, -0.05) is 26.0 Å². The Labute approximate surface area is 106 Å². The van der Waals surface area contributed by atoms with Gasteiger partial charge < -0.3 is 5.11 Å². The number of hydrogen-bond donors (Lipinski definition) is 2. The third-order valence-electron chi connectivity index (χ3n) is 3.03. The van der Waals surface area contributed by atoms with Crippen molar-refractivity contribution in [2.45, 2.75) is 26.7 Å². The Morgan fingerprint density at radius 3 is 2.39 bits per heavy atom. The summed E-state index contributed by atoms with van der Waals surface area (Å²) in [5, 5.41) is 16.2. The molecule has 0 amide bonds. The highest BCUT2D eigenvalue weighted by molar-refractivity contribution is 5.88. The number of hydrogen-bond acceptors (Lipinski definition) is 2. The second-order valence-electron chi connectivity index (χ2n) is 4.11. The number of benzene rings is 1. The van der Waals surface area contributed by atoms with E-state index in [0.29, 0.717) is 5.56 Å². The maximum atomic E-state index is 10.8. The molecule has 4 nitrogen and oxygen atoms in total. The Bertz CT molecular complexity index is 534. The van der Waals surface area contributed by atoms with E-state index in [0.717, 1.165) is 35.4 Å². The summed E-state index contributed by atoms with van der Waals surface area (Å²) in [6, 6.07) is 6.94. The smallest absolute Gasteiger partial charge is 0.335 e. The molecule has 0 bridgehead atoms.